The van der Waals surface area contributed by atoms with Gasteiger partial charge < -0.3 is 15.5 Å². The van der Waals surface area contributed by atoms with Crippen LogP contribution in [-0.2, 0) is 0 Å². The van der Waals surface area contributed by atoms with Gasteiger partial charge >= 0.3 is 6.03 Å². The molecule has 2 amide bonds. The quantitative estimate of drug-likeness (QED) is 0.666. The van der Waals surface area contributed by atoms with Crippen LogP contribution in [-0.4, -0.2) is 43.2 Å². The van der Waals surface area contributed by atoms with E-state index in [-0.39, 0.29) is 6.03 Å². The van der Waals surface area contributed by atoms with Crippen molar-refractivity contribution in [2.24, 2.45) is 0 Å². The second-order valence-electron chi connectivity index (χ2n) is 3.33. The first-order valence-corrected chi connectivity index (χ1v) is 5.04. The Hall–Kier alpha value is -0.770. The number of urea groups is 1. The zero-order chi connectivity index (χ0) is 9.68. The number of nitrogens with one attached hydrogen (secondary N) is 2. The Bertz CT molecular complexity index is 168. The molecule has 4 heteroatoms. The normalized spacial score (nSPS) is 16.5. The Morgan fingerprint density at radius 2 is 2.23 bits per heavy atom. The maximum atomic E-state index is 11.6. The van der Waals surface area contributed by atoms with Crippen LogP contribution in [0.1, 0.15) is 20.3 Å². The molecule has 0 aromatic heterocycles. The summed E-state index contributed by atoms with van der Waals surface area (Å²) in [4.78, 5) is 13.4. The molecule has 2 N–H and O–H groups in total. The highest BCUT2D eigenvalue weighted by Gasteiger charge is 2.26. The van der Waals surface area contributed by atoms with Gasteiger partial charge in [-0.3, -0.25) is 0 Å². The molecule has 13 heavy (non-hydrogen) atoms. The Kier molecular flexibility index (Phi) is 4.02. The summed E-state index contributed by atoms with van der Waals surface area (Å²) < 4.78 is 0. The summed E-state index contributed by atoms with van der Waals surface area (Å²) in [5.74, 6) is 0. The summed E-state index contributed by atoms with van der Waals surface area (Å²) in [5.41, 5.74) is 0. The lowest BCUT2D eigenvalue weighted by molar-refractivity contribution is 0.154. The second kappa shape index (κ2) is 5.07. The highest BCUT2D eigenvalue weighted by molar-refractivity contribution is 5.74. The van der Waals surface area contributed by atoms with Gasteiger partial charge in [-0.1, -0.05) is 6.92 Å². The van der Waals surface area contributed by atoms with Crippen molar-refractivity contribution >= 4 is 6.03 Å². The summed E-state index contributed by atoms with van der Waals surface area (Å²) in [6.07, 6.45) is 0.992. The van der Waals surface area contributed by atoms with Gasteiger partial charge in [-0.15, -0.1) is 0 Å². The van der Waals surface area contributed by atoms with Crippen molar-refractivity contribution in [2.45, 2.75) is 26.3 Å². The lowest BCUT2D eigenvalue weighted by atomic mass is 10.1. The predicted molar refractivity (Wildman–Crippen MR) is 52.7 cm³/mol. The molecular formula is C9H19N3O. The van der Waals surface area contributed by atoms with Crippen molar-refractivity contribution in [2.75, 3.05) is 26.2 Å². The fourth-order valence-corrected chi connectivity index (χ4v) is 1.39. The Balaban J connectivity index is 2.31. The molecular weight excluding hydrogens is 166 g/mol. The van der Waals surface area contributed by atoms with E-state index in [9.17, 15) is 4.79 Å². The van der Waals surface area contributed by atoms with Crippen LogP contribution < -0.4 is 10.6 Å². The van der Waals surface area contributed by atoms with Gasteiger partial charge in [0.05, 0.1) is 6.04 Å². The fourth-order valence-electron chi connectivity index (χ4n) is 1.39. The highest BCUT2D eigenvalue weighted by atomic mass is 16.2. The van der Waals surface area contributed by atoms with Crippen molar-refractivity contribution in [3.8, 4) is 0 Å². The van der Waals surface area contributed by atoms with E-state index in [0.29, 0.717) is 6.04 Å². The Morgan fingerprint density at radius 1 is 1.54 bits per heavy atom. The summed E-state index contributed by atoms with van der Waals surface area (Å²) in [7, 11) is 0. The molecule has 1 heterocycles. The average Bonchev–Trinajstić information content (AvgIpc) is 2.06. The van der Waals surface area contributed by atoms with Crippen LogP contribution in [0.25, 0.3) is 0 Å². The standard InChI is InChI=1S/C9H19N3O/c1-3-5-11-9(13)12(4-2)8-6-10-7-8/h8,10H,3-7H2,1-2H3,(H,11,13). The third kappa shape index (κ3) is 2.59. The van der Waals surface area contributed by atoms with E-state index in [1.54, 1.807) is 0 Å². The molecule has 1 aliphatic heterocycles. The number of carbonyl (C=O) groups excluding carboxylic acids is 1. The van der Waals surface area contributed by atoms with Gasteiger partial charge in [-0.05, 0) is 13.3 Å². The van der Waals surface area contributed by atoms with Gasteiger partial charge in [0.15, 0.2) is 0 Å². The molecule has 76 valence electrons. The van der Waals surface area contributed by atoms with E-state index >= 15 is 0 Å². The summed E-state index contributed by atoms with van der Waals surface area (Å²) in [6.45, 7) is 7.52. The first-order chi connectivity index (χ1) is 6.29. The molecule has 0 unspecified atom stereocenters. The largest absolute Gasteiger partial charge is 0.338 e. The summed E-state index contributed by atoms with van der Waals surface area (Å²) in [6, 6.07) is 0.484. The number of amides is 2. The molecule has 0 aliphatic carbocycles. The van der Waals surface area contributed by atoms with E-state index in [1.165, 1.54) is 0 Å². The first kappa shape index (κ1) is 10.3. The molecule has 0 saturated carbocycles. The third-order valence-electron chi connectivity index (χ3n) is 2.33. The number of likely N-dealkylation sites (N-methyl/N-ethyl adjacent to an activating group) is 1. The van der Waals surface area contributed by atoms with Crippen molar-refractivity contribution in [1.29, 1.82) is 0 Å². The minimum atomic E-state index is 0.0795. The maximum absolute atomic E-state index is 11.6. The van der Waals surface area contributed by atoms with E-state index in [1.807, 2.05) is 11.8 Å². The van der Waals surface area contributed by atoms with Crippen LogP contribution in [0.5, 0.6) is 0 Å². The third-order valence-corrected chi connectivity index (χ3v) is 2.33. The molecule has 1 rings (SSSR count). The van der Waals surface area contributed by atoms with Gasteiger partial charge in [-0.25, -0.2) is 4.79 Å². The monoisotopic (exact) mass is 185 g/mol. The van der Waals surface area contributed by atoms with Gasteiger partial charge in [0.2, 0.25) is 0 Å². The molecule has 0 bridgehead atoms. The smallest absolute Gasteiger partial charge is 0.317 e. The summed E-state index contributed by atoms with van der Waals surface area (Å²) >= 11 is 0. The molecule has 1 saturated heterocycles. The predicted octanol–water partition coefficient (Wildman–Crippen LogP) is 0.400. The van der Waals surface area contributed by atoms with Crippen molar-refractivity contribution in [1.82, 2.24) is 15.5 Å². The van der Waals surface area contributed by atoms with E-state index in [0.717, 1.165) is 32.6 Å². The molecule has 0 radical (unpaired) electrons. The lowest BCUT2D eigenvalue weighted by Crippen LogP contribution is -2.60. The SMILES string of the molecule is CCCNC(=O)N(CC)C1CNC1. The Labute approximate surface area is 79.7 Å². The van der Waals surface area contributed by atoms with Crippen LogP contribution in [0.2, 0.25) is 0 Å². The first-order valence-electron chi connectivity index (χ1n) is 5.04. The number of hydrogen-bond donors (Lipinski definition) is 2. The van der Waals surface area contributed by atoms with E-state index < -0.39 is 0 Å². The number of hydrogen-bond acceptors (Lipinski definition) is 2. The van der Waals surface area contributed by atoms with Crippen LogP contribution in [0.15, 0.2) is 0 Å². The zero-order valence-corrected chi connectivity index (χ0v) is 8.47. The summed E-state index contributed by atoms with van der Waals surface area (Å²) in [5, 5.41) is 6.06. The molecule has 0 aromatic rings. The molecule has 1 aliphatic rings. The van der Waals surface area contributed by atoms with E-state index in [2.05, 4.69) is 17.6 Å². The second-order valence-corrected chi connectivity index (χ2v) is 3.33. The average molecular weight is 185 g/mol. The molecule has 0 spiro atoms. The van der Waals surface area contributed by atoms with Crippen LogP contribution in [0.4, 0.5) is 4.79 Å². The highest BCUT2D eigenvalue weighted by Crippen LogP contribution is 2.04. The number of nitrogens with zero attached hydrogens (tertiary/aromatic N) is 1. The maximum Gasteiger partial charge on any atom is 0.317 e. The van der Waals surface area contributed by atoms with Gasteiger partial charge in [0, 0.05) is 26.2 Å². The van der Waals surface area contributed by atoms with Crippen molar-refractivity contribution in [3.63, 3.8) is 0 Å². The van der Waals surface area contributed by atoms with Crippen LogP contribution >= 0.6 is 0 Å². The fraction of sp³-hybridized carbons (Fsp3) is 0.889. The van der Waals surface area contributed by atoms with Gasteiger partial charge in [0.1, 0.15) is 0 Å². The topological polar surface area (TPSA) is 44.4 Å². The zero-order valence-electron chi connectivity index (χ0n) is 8.47. The number of carbonyl (C=O) groups is 1. The Morgan fingerprint density at radius 3 is 2.62 bits per heavy atom. The van der Waals surface area contributed by atoms with E-state index in [4.69, 9.17) is 0 Å². The van der Waals surface area contributed by atoms with Crippen LogP contribution in [0, 0.1) is 0 Å². The minimum absolute atomic E-state index is 0.0795. The number of rotatable bonds is 4. The van der Waals surface area contributed by atoms with Crippen LogP contribution in [0.3, 0.4) is 0 Å². The molecule has 0 aromatic carbocycles. The molecule has 4 nitrogen and oxygen atoms in total. The van der Waals surface area contributed by atoms with Gasteiger partial charge in [0.25, 0.3) is 0 Å². The van der Waals surface area contributed by atoms with Crippen molar-refractivity contribution in [3.05, 3.63) is 0 Å². The minimum Gasteiger partial charge on any atom is -0.338 e. The van der Waals surface area contributed by atoms with Gasteiger partial charge in [-0.2, -0.15) is 0 Å². The molecule has 0 atom stereocenters. The molecule has 1 fully saturated rings. The van der Waals surface area contributed by atoms with Crippen molar-refractivity contribution < 1.29 is 4.79 Å². The lowest BCUT2D eigenvalue weighted by Gasteiger charge is -2.37.